The Morgan fingerprint density at radius 2 is 2.38 bits per heavy atom. The fourth-order valence-electron chi connectivity index (χ4n) is 2.88. The van der Waals surface area contributed by atoms with E-state index in [1.54, 1.807) is 0 Å². The van der Waals surface area contributed by atoms with Gasteiger partial charge in [-0.2, -0.15) is 16.9 Å². The minimum absolute atomic E-state index is 0.679. The first-order valence-electron chi connectivity index (χ1n) is 6.22. The van der Waals surface area contributed by atoms with E-state index in [1.165, 1.54) is 41.3 Å². The lowest BCUT2D eigenvalue weighted by Gasteiger charge is -2.21. The van der Waals surface area contributed by atoms with Crippen LogP contribution in [0.1, 0.15) is 35.7 Å². The van der Waals surface area contributed by atoms with E-state index in [0.717, 1.165) is 19.4 Å². The molecule has 88 valence electrons. The maximum absolute atomic E-state index is 5.80. The average molecular weight is 237 g/mol. The topological polar surface area (TPSA) is 54.7 Å². The van der Waals surface area contributed by atoms with Crippen LogP contribution >= 0.6 is 11.8 Å². The number of rotatable bonds is 2. The maximum Gasteiger partial charge on any atom is 0.0696 e. The molecule has 0 saturated carbocycles. The van der Waals surface area contributed by atoms with Crippen LogP contribution in [0.4, 0.5) is 0 Å². The zero-order chi connectivity index (χ0) is 11.0. The number of hydrogen-bond donors (Lipinski definition) is 2. The second-order valence-corrected chi connectivity index (χ2v) is 6.12. The third-order valence-corrected chi connectivity index (χ3v) is 5.09. The van der Waals surface area contributed by atoms with E-state index >= 15 is 0 Å². The molecule has 0 bridgehead atoms. The van der Waals surface area contributed by atoms with Crippen LogP contribution in [0.3, 0.4) is 0 Å². The first-order valence-corrected chi connectivity index (χ1v) is 7.37. The molecule has 3 N–H and O–H groups in total. The van der Waals surface area contributed by atoms with E-state index in [0.29, 0.717) is 11.8 Å². The Bertz CT molecular complexity index is 368. The van der Waals surface area contributed by atoms with Crippen molar-refractivity contribution in [1.82, 2.24) is 10.2 Å². The van der Waals surface area contributed by atoms with Crippen molar-refractivity contribution in [3.8, 4) is 0 Å². The van der Waals surface area contributed by atoms with E-state index in [9.17, 15) is 0 Å². The summed E-state index contributed by atoms with van der Waals surface area (Å²) in [5.41, 5.74) is 10.1. The molecule has 1 aliphatic carbocycles. The molecule has 3 nitrogen and oxygen atoms in total. The first kappa shape index (κ1) is 10.7. The lowest BCUT2D eigenvalue weighted by atomic mass is 9.84. The van der Waals surface area contributed by atoms with Crippen molar-refractivity contribution >= 4 is 11.8 Å². The Balaban J connectivity index is 1.87. The summed E-state index contributed by atoms with van der Waals surface area (Å²) in [5, 5.41) is 7.82. The van der Waals surface area contributed by atoms with Crippen LogP contribution < -0.4 is 5.73 Å². The van der Waals surface area contributed by atoms with Gasteiger partial charge in [-0.05, 0) is 49.5 Å². The van der Waals surface area contributed by atoms with Crippen LogP contribution in [0.25, 0.3) is 0 Å². The summed E-state index contributed by atoms with van der Waals surface area (Å²) in [5.74, 6) is 3.93. The van der Waals surface area contributed by atoms with Gasteiger partial charge in [0.05, 0.1) is 5.69 Å². The van der Waals surface area contributed by atoms with Gasteiger partial charge >= 0.3 is 0 Å². The number of nitrogens with two attached hydrogens (primary N) is 1. The number of aromatic nitrogens is 2. The summed E-state index contributed by atoms with van der Waals surface area (Å²) < 4.78 is 0. The Morgan fingerprint density at radius 3 is 3.12 bits per heavy atom. The normalized spacial score (nSPS) is 29.3. The van der Waals surface area contributed by atoms with Gasteiger partial charge in [0.2, 0.25) is 0 Å². The molecule has 2 atom stereocenters. The zero-order valence-electron chi connectivity index (χ0n) is 9.54. The van der Waals surface area contributed by atoms with E-state index in [2.05, 4.69) is 22.0 Å². The van der Waals surface area contributed by atoms with Gasteiger partial charge in [-0.1, -0.05) is 0 Å². The molecule has 0 amide bonds. The van der Waals surface area contributed by atoms with Crippen LogP contribution in [0.2, 0.25) is 0 Å². The molecule has 16 heavy (non-hydrogen) atoms. The fraction of sp³-hybridized carbons (Fsp3) is 0.750. The highest BCUT2D eigenvalue weighted by Gasteiger charge is 2.28. The Kier molecular flexibility index (Phi) is 2.94. The second-order valence-electron chi connectivity index (χ2n) is 4.97. The molecule has 1 aromatic heterocycles. The van der Waals surface area contributed by atoms with E-state index in [-0.39, 0.29) is 0 Å². The SMILES string of the molecule is NCC1CCc2[nH]nc(C3CCSC3)c2C1. The molecule has 1 aromatic rings. The monoisotopic (exact) mass is 237 g/mol. The quantitative estimate of drug-likeness (QED) is 0.823. The van der Waals surface area contributed by atoms with Gasteiger partial charge in [-0.25, -0.2) is 0 Å². The lowest BCUT2D eigenvalue weighted by Crippen LogP contribution is -2.22. The van der Waals surface area contributed by atoms with Gasteiger partial charge < -0.3 is 5.73 Å². The molecular weight excluding hydrogens is 218 g/mol. The van der Waals surface area contributed by atoms with Crippen molar-refractivity contribution in [3.05, 3.63) is 17.0 Å². The largest absolute Gasteiger partial charge is 0.330 e. The van der Waals surface area contributed by atoms with Gasteiger partial charge in [-0.3, -0.25) is 5.10 Å². The average Bonchev–Trinajstić information content (AvgIpc) is 2.96. The number of H-pyrrole nitrogens is 1. The van der Waals surface area contributed by atoms with Crippen LogP contribution in [-0.4, -0.2) is 28.2 Å². The molecule has 1 fully saturated rings. The van der Waals surface area contributed by atoms with Crippen molar-refractivity contribution in [3.63, 3.8) is 0 Å². The fourth-order valence-corrected chi connectivity index (χ4v) is 4.11. The third-order valence-electron chi connectivity index (χ3n) is 3.93. The Labute approximate surface area is 101 Å². The molecule has 0 spiro atoms. The number of nitrogens with one attached hydrogen (secondary N) is 1. The number of nitrogens with zero attached hydrogens (tertiary/aromatic N) is 1. The summed E-state index contributed by atoms with van der Waals surface area (Å²) in [4.78, 5) is 0. The standard InChI is InChI=1S/C12H19N3S/c13-6-8-1-2-11-10(5-8)12(15-14-11)9-3-4-16-7-9/h8-9H,1-7,13H2,(H,14,15). The summed E-state index contributed by atoms with van der Waals surface area (Å²) in [6, 6.07) is 0. The highest BCUT2D eigenvalue weighted by atomic mass is 32.2. The van der Waals surface area contributed by atoms with Gasteiger partial charge in [0.15, 0.2) is 0 Å². The predicted molar refractivity (Wildman–Crippen MR) is 67.8 cm³/mol. The third kappa shape index (κ3) is 1.78. The zero-order valence-corrected chi connectivity index (χ0v) is 10.4. The van der Waals surface area contributed by atoms with E-state index in [4.69, 9.17) is 5.73 Å². The Morgan fingerprint density at radius 1 is 1.44 bits per heavy atom. The smallest absolute Gasteiger partial charge is 0.0696 e. The molecule has 0 radical (unpaired) electrons. The van der Waals surface area contributed by atoms with Crippen LogP contribution in [0.15, 0.2) is 0 Å². The summed E-state index contributed by atoms with van der Waals surface area (Å²) in [6.45, 7) is 0.823. The second kappa shape index (κ2) is 4.41. The van der Waals surface area contributed by atoms with Crippen LogP contribution in [-0.2, 0) is 12.8 Å². The van der Waals surface area contributed by atoms with Crippen molar-refractivity contribution in [1.29, 1.82) is 0 Å². The lowest BCUT2D eigenvalue weighted by molar-refractivity contribution is 0.463. The molecule has 0 aromatic carbocycles. The molecule has 2 unspecified atom stereocenters. The molecule has 2 heterocycles. The van der Waals surface area contributed by atoms with Crippen molar-refractivity contribution < 1.29 is 0 Å². The molecule has 3 rings (SSSR count). The van der Waals surface area contributed by atoms with Gasteiger partial charge in [0.25, 0.3) is 0 Å². The molecule has 2 aliphatic rings. The number of thioether (sulfide) groups is 1. The molecule has 1 saturated heterocycles. The molecular formula is C12H19N3S. The van der Waals surface area contributed by atoms with Crippen molar-refractivity contribution in [2.45, 2.75) is 31.6 Å². The van der Waals surface area contributed by atoms with Crippen LogP contribution in [0.5, 0.6) is 0 Å². The summed E-state index contributed by atoms with van der Waals surface area (Å²) >= 11 is 2.06. The first-order chi connectivity index (χ1) is 7.88. The van der Waals surface area contributed by atoms with Gasteiger partial charge in [0.1, 0.15) is 0 Å². The van der Waals surface area contributed by atoms with Crippen molar-refractivity contribution in [2.75, 3.05) is 18.1 Å². The Hall–Kier alpha value is -0.480. The number of fused-ring (bicyclic) bond motifs is 1. The summed E-state index contributed by atoms with van der Waals surface area (Å²) in [6.07, 6.45) is 4.82. The predicted octanol–water partition coefficient (Wildman–Crippen LogP) is 1.69. The summed E-state index contributed by atoms with van der Waals surface area (Å²) in [7, 11) is 0. The molecule has 4 heteroatoms. The van der Waals surface area contributed by atoms with Gasteiger partial charge in [-0.15, -0.1) is 0 Å². The minimum Gasteiger partial charge on any atom is -0.330 e. The highest BCUT2D eigenvalue weighted by molar-refractivity contribution is 7.99. The van der Waals surface area contributed by atoms with Crippen LogP contribution in [0, 0.1) is 5.92 Å². The van der Waals surface area contributed by atoms with E-state index < -0.39 is 0 Å². The van der Waals surface area contributed by atoms with Crippen molar-refractivity contribution in [2.24, 2.45) is 11.7 Å². The number of hydrogen-bond acceptors (Lipinski definition) is 3. The molecule has 1 aliphatic heterocycles. The number of aromatic amines is 1. The highest BCUT2D eigenvalue weighted by Crippen LogP contribution is 2.36. The number of aryl methyl sites for hydroxylation is 1. The minimum atomic E-state index is 0.679. The van der Waals surface area contributed by atoms with Gasteiger partial charge in [0, 0.05) is 17.4 Å². The maximum atomic E-state index is 5.80. The van der Waals surface area contributed by atoms with E-state index in [1.807, 2.05) is 0 Å².